The lowest BCUT2D eigenvalue weighted by Crippen LogP contribution is -2.47. The number of carbonyl (C=O) groups excluding carboxylic acids is 1. The Labute approximate surface area is 204 Å². The maximum Gasteiger partial charge on any atom is 0.344 e. The zero-order valence-corrected chi connectivity index (χ0v) is 20.4. The van der Waals surface area contributed by atoms with Crippen LogP contribution in [0.15, 0.2) is 46.9 Å². The highest BCUT2D eigenvalue weighted by molar-refractivity contribution is 7.91. The number of hydrogen-bond acceptors (Lipinski definition) is 6. The minimum absolute atomic E-state index is 0.0386. The van der Waals surface area contributed by atoms with Gasteiger partial charge in [0.15, 0.2) is 5.84 Å². The summed E-state index contributed by atoms with van der Waals surface area (Å²) in [6, 6.07) is 12.7. The molecule has 0 radical (unpaired) electrons. The first kappa shape index (κ1) is 23.1. The molecule has 0 saturated carbocycles. The molecule has 2 aliphatic heterocycles. The smallest absolute Gasteiger partial charge is 0.344 e. The summed E-state index contributed by atoms with van der Waals surface area (Å²) in [4.78, 5) is 20.3. The van der Waals surface area contributed by atoms with Gasteiger partial charge in [-0.1, -0.05) is 17.7 Å². The molecule has 0 spiro atoms. The van der Waals surface area contributed by atoms with Crippen LogP contribution >= 0.6 is 0 Å². The lowest BCUT2D eigenvalue weighted by Gasteiger charge is -2.36. The van der Waals surface area contributed by atoms with Crippen LogP contribution in [0.4, 0.5) is 5.69 Å². The van der Waals surface area contributed by atoms with E-state index in [-0.39, 0.29) is 24.4 Å². The molecule has 1 atom stereocenters. The van der Waals surface area contributed by atoms with Gasteiger partial charge in [-0.25, -0.2) is 0 Å². The first-order valence-corrected chi connectivity index (χ1v) is 13.0. The second kappa shape index (κ2) is 8.84. The van der Waals surface area contributed by atoms with Crippen molar-refractivity contribution in [1.82, 2.24) is 9.88 Å². The zero-order valence-electron chi connectivity index (χ0n) is 19.6. The number of benzene rings is 2. The number of nitrogens with zero attached hydrogens (tertiary/aromatic N) is 3. The number of amides is 1. The van der Waals surface area contributed by atoms with Gasteiger partial charge in [0.2, 0.25) is 0 Å². The topological polar surface area (TPSA) is 127 Å². The number of likely N-dealkylation sites (tertiary alicyclic amines) is 1. The highest BCUT2D eigenvalue weighted by Gasteiger charge is 2.30. The van der Waals surface area contributed by atoms with Crippen molar-refractivity contribution in [2.75, 3.05) is 17.9 Å². The lowest BCUT2D eigenvalue weighted by molar-refractivity contribution is 0.0530. The van der Waals surface area contributed by atoms with Gasteiger partial charge < -0.3 is 15.4 Å². The van der Waals surface area contributed by atoms with Gasteiger partial charge in [0.25, 0.3) is 5.91 Å². The predicted molar refractivity (Wildman–Crippen MR) is 135 cm³/mol. The summed E-state index contributed by atoms with van der Waals surface area (Å²) < 4.78 is 35.8. The minimum Gasteiger partial charge on any atom is -0.491 e. The fourth-order valence-corrected chi connectivity index (χ4v) is 5.61. The normalized spacial score (nSPS) is 19.0. The fourth-order valence-electron chi connectivity index (χ4n) is 4.77. The Kier molecular flexibility index (Phi) is 5.84. The summed E-state index contributed by atoms with van der Waals surface area (Å²) in [5.41, 5.74) is 9.98. The van der Waals surface area contributed by atoms with Crippen molar-refractivity contribution in [2.24, 2.45) is 10.1 Å². The van der Waals surface area contributed by atoms with Gasteiger partial charge in [0, 0.05) is 17.6 Å². The number of amidine groups is 1. The van der Waals surface area contributed by atoms with Crippen LogP contribution in [0.1, 0.15) is 46.4 Å². The standard InChI is InChI=1S/C25H27N5O4S/c1-15-9-10-20-18(12-15)19(13-16(2)27-20)25(31)30-11-4-3-6-17(30)14-34-22-8-5-7-21-23(22)24(26)29-35(32,33)28-21/h5,7-10,12-13,17,28H,3-4,6,11,14H2,1-2H3,(H2,26,29). The van der Waals surface area contributed by atoms with Gasteiger partial charge in [-0.2, -0.15) is 8.42 Å². The summed E-state index contributed by atoms with van der Waals surface area (Å²) in [5.74, 6) is 0.258. The number of aryl methyl sites for hydroxylation is 2. The van der Waals surface area contributed by atoms with Crippen molar-refractivity contribution in [1.29, 1.82) is 0 Å². The molecule has 2 aromatic carbocycles. The lowest BCUT2D eigenvalue weighted by atomic mass is 9.99. The molecule has 3 aromatic rings. The quantitative estimate of drug-likeness (QED) is 0.574. The van der Waals surface area contributed by atoms with Crippen LogP contribution in [0, 0.1) is 13.8 Å². The van der Waals surface area contributed by atoms with Crippen molar-refractivity contribution in [3.63, 3.8) is 0 Å². The molecular weight excluding hydrogens is 466 g/mol. The first-order chi connectivity index (χ1) is 16.7. The molecule has 1 aromatic heterocycles. The summed E-state index contributed by atoms with van der Waals surface area (Å²) >= 11 is 0. The molecule has 9 nitrogen and oxygen atoms in total. The van der Waals surface area contributed by atoms with E-state index in [2.05, 4.69) is 14.1 Å². The van der Waals surface area contributed by atoms with E-state index < -0.39 is 10.2 Å². The average molecular weight is 494 g/mol. The third-order valence-electron chi connectivity index (χ3n) is 6.38. The predicted octanol–water partition coefficient (Wildman–Crippen LogP) is 3.30. The van der Waals surface area contributed by atoms with Crippen LogP contribution in [0.5, 0.6) is 5.75 Å². The third kappa shape index (κ3) is 4.53. The summed E-state index contributed by atoms with van der Waals surface area (Å²) in [6.07, 6.45) is 2.71. The monoisotopic (exact) mass is 493 g/mol. The molecule has 10 heteroatoms. The minimum atomic E-state index is -3.87. The van der Waals surface area contributed by atoms with E-state index in [1.54, 1.807) is 18.2 Å². The van der Waals surface area contributed by atoms with Crippen molar-refractivity contribution in [3.05, 3.63) is 64.8 Å². The first-order valence-electron chi connectivity index (χ1n) is 11.6. The molecule has 5 rings (SSSR count). The maximum absolute atomic E-state index is 13.8. The molecule has 0 aliphatic carbocycles. The van der Waals surface area contributed by atoms with Crippen molar-refractivity contribution >= 4 is 38.5 Å². The number of anilines is 1. The second-order valence-electron chi connectivity index (χ2n) is 9.02. The SMILES string of the molecule is Cc1ccc2nc(C)cc(C(=O)N3CCCCC3COc3cccc4c3C(N)=NS(=O)(=O)N4)c2c1. The summed E-state index contributed by atoms with van der Waals surface area (Å²) in [5, 5.41) is 0.847. The summed E-state index contributed by atoms with van der Waals surface area (Å²) in [7, 11) is -3.87. The maximum atomic E-state index is 13.8. The van der Waals surface area contributed by atoms with Crippen LogP contribution in [-0.4, -0.2) is 49.2 Å². The molecule has 35 heavy (non-hydrogen) atoms. The van der Waals surface area contributed by atoms with Crippen molar-refractivity contribution in [2.45, 2.75) is 39.2 Å². The van der Waals surface area contributed by atoms with Crippen LogP contribution in [-0.2, 0) is 10.2 Å². The van der Waals surface area contributed by atoms with E-state index >= 15 is 0 Å². The van der Waals surface area contributed by atoms with Gasteiger partial charge in [0.1, 0.15) is 12.4 Å². The van der Waals surface area contributed by atoms with E-state index in [1.807, 2.05) is 43.0 Å². The Morgan fingerprint density at radius 3 is 2.86 bits per heavy atom. The third-order valence-corrected chi connectivity index (χ3v) is 7.30. The van der Waals surface area contributed by atoms with Gasteiger partial charge in [-0.05, 0) is 63.4 Å². The average Bonchev–Trinajstić information content (AvgIpc) is 2.81. The molecule has 3 heterocycles. The number of hydrogen-bond donors (Lipinski definition) is 2. The molecule has 0 bridgehead atoms. The molecule has 1 unspecified atom stereocenters. The number of ether oxygens (including phenoxy) is 1. The highest BCUT2D eigenvalue weighted by Crippen LogP contribution is 2.31. The number of carbonyl (C=O) groups is 1. The molecule has 1 amide bonds. The number of pyridine rings is 1. The van der Waals surface area contributed by atoms with Crippen LogP contribution < -0.4 is 15.2 Å². The van der Waals surface area contributed by atoms with Gasteiger partial charge >= 0.3 is 10.2 Å². The van der Waals surface area contributed by atoms with E-state index in [0.29, 0.717) is 29.1 Å². The molecular formula is C25H27N5O4S. The molecule has 3 N–H and O–H groups in total. The second-order valence-corrected chi connectivity index (χ2v) is 10.4. The van der Waals surface area contributed by atoms with Crippen LogP contribution in [0.2, 0.25) is 0 Å². The highest BCUT2D eigenvalue weighted by atomic mass is 32.2. The van der Waals surface area contributed by atoms with E-state index in [0.717, 1.165) is 41.4 Å². The van der Waals surface area contributed by atoms with Crippen LogP contribution in [0.3, 0.4) is 0 Å². The van der Waals surface area contributed by atoms with E-state index in [1.165, 1.54) is 0 Å². The Balaban J connectivity index is 1.42. The number of piperidine rings is 1. The molecule has 182 valence electrons. The molecule has 1 fully saturated rings. The number of rotatable bonds is 4. The van der Waals surface area contributed by atoms with Crippen molar-refractivity contribution in [3.8, 4) is 5.75 Å². The molecule has 2 aliphatic rings. The Morgan fingerprint density at radius 1 is 1.20 bits per heavy atom. The number of nitrogens with one attached hydrogen (secondary N) is 1. The Hall–Kier alpha value is -3.66. The Bertz CT molecular complexity index is 1470. The zero-order chi connectivity index (χ0) is 24.7. The Morgan fingerprint density at radius 2 is 2.03 bits per heavy atom. The summed E-state index contributed by atoms with van der Waals surface area (Å²) in [6.45, 7) is 4.79. The van der Waals surface area contributed by atoms with E-state index in [4.69, 9.17) is 10.5 Å². The number of fused-ring (bicyclic) bond motifs is 2. The molecule has 1 saturated heterocycles. The van der Waals surface area contributed by atoms with Gasteiger partial charge in [-0.3, -0.25) is 14.5 Å². The largest absolute Gasteiger partial charge is 0.491 e. The van der Waals surface area contributed by atoms with Gasteiger partial charge in [-0.15, -0.1) is 4.40 Å². The van der Waals surface area contributed by atoms with E-state index in [9.17, 15) is 13.2 Å². The fraction of sp³-hybridized carbons (Fsp3) is 0.320. The van der Waals surface area contributed by atoms with Gasteiger partial charge in [0.05, 0.1) is 28.4 Å². The van der Waals surface area contributed by atoms with Crippen LogP contribution in [0.25, 0.3) is 10.9 Å². The number of nitrogens with two attached hydrogens (primary N) is 1. The van der Waals surface area contributed by atoms with Crippen molar-refractivity contribution < 1.29 is 17.9 Å². The number of aromatic nitrogens is 1.